The number of nitrogens with zero attached hydrogens (tertiary/aromatic N) is 1. The predicted octanol–water partition coefficient (Wildman–Crippen LogP) is 7.91. The SMILES string of the molecule is C/C(C=O)=C/C(NSC1CC1c1ccc(Cl)c(C(F)(F)F)c1)=C(/Nc1ccc(C)cc1F)N(C)C.CC. The van der Waals surface area contributed by atoms with Gasteiger partial charge < -0.3 is 14.9 Å². The van der Waals surface area contributed by atoms with Gasteiger partial charge in [0.1, 0.15) is 17.9 Å². The maximum absolute atomic E-state index is 14.5. The van der Waals surface area contributed by atoms with Gasteiger partial charge in [-0.25, -0.2) is 4.39 Å². The fraction of sp³-hybridized carbons (Fsp3) is 0.370. The maximum atomic E-state index is 14.5. The van der Waals surface area contributed by atoms with Crippen LogP contribution in [0.5, 0.6) is 0 Å². The van der Waals surface area contributed by atoms with Crippen LogP contribution in [0.1, 0.15) is 49.8 Å². The molecule has 0 aliphatic heterocycles. The molecule has 1 aliphatic rings. The first kappa shape index (κ1) is 30.6. The Balaban J connectivity index is 0.00000235. The van der Waals surface area contributed by atoms with E-state index in [2.05, 4.69) is 10.0 Å². The molecule has 0 spiro atoms. The molecule has 1 fully saturated rings. The van der Waals surface area contributed by atoms with Gasteiger partial charge >= 0.3 is 6.18 Å². The third-order valence-electron chi connectivity index (χ3n) is 5.41. The standard InChI is InChI=1S/C25H26ClF4N3OS.C2H6/c1-14-5-8-21(20(27)9-14)31-24(33(3)4)22(10-15(2)13-34)32-35-23-12-17(23)16-6-7-19(26)18(11-16)25(28,29)30;1-2/h5-11,13,17,23,31-32H,12H2,1-4H3;1-2H3/b15-10-,24-22+;. The van der Waals surface area contributed by atoms with E-state index in [1.54, 1.807) is 57.1 Å². The van der Waals surface area contributed by atoms with E-state index < -0.39 is 17.6 Å². The fourth-order valence-electron chi connectivity index (χ4n) is 3.46. The van der Waals surface area contributed by atoms with Gasteiger partial charge in [0.05, 0.1) is 22.0 Å². The third kappa shape index (κ3) is 8.43. The van der Waals surface area contributed by atoms with Crippen molar-refractivity contribution in [3.63, 3.8) is 0 Å². The molecule has 10 heteroatoms. The van der Waals surface area contributed by atoms with Crippen LogP contribution in [0, 0.1) is 12.7 Å². The highest BCUT2D eigenvalue weighted by molar-refractivity contribution is 7.98. The van der Waals surface area contributed by atoms with E-state index in [4.69, 9.17) is 11.6 Å². The van der Waals surface area contributed by atoms with Gasteiger partial charge in [-0.05, 0) is 85.2 Å². The Morgan fingerprint density at radius 3 is 2.41 bits per heavy atom. The summed E-state index contributed by atoms with van der Waals surface area (Å²) in [6.45, 7) is 7.44. The summed E-state index contributed by atoms with van der Waals surface area (Å²) in [5, 5.41) is 2.76. The van der Waals surface area contributed by atoms with Crippen molar-refractivity contribution in [3.8, 4) is 0 Å². The zero-order chi connectivity index (χ0) is 27.9. The molecule has 2 unspecified atom stereocenters. The van der Waals surface area contributed by atoms with E-state index in [1.807, 2.05) is 13.8 Å². The van der Waals surface area contributed by atoms with Crippen molar-refractivity contribution in [3.05, 3.63) is 87.1 Å². The highest BCUT2D eigenvalue weighted by atomic mass is 35.5. The van der Waals surface area contributed by atoms with Crippen LogP contribution in [0.3, 0.4) is 0 Å². The lowest BCUT2D eigenvalue weighted by molar-refractivity contribution is -0.137. The number of carbonyl (C=O) groups excluding carboxylic acids is 1. The lowest BCUT2D eigenvalue weighted by Gasteiger charge is -2.23. The number of anilines is 1. The molecule has 0 amide bonds. The van der Waals surface area contributed by atoms with Gasteiger partial charge in [-0.2, -0.15) is 13.2 Å². The summed E-state index contributed by atoms with van der Waals surface area (Å²) in [5.74, 6) is 0.0241. The van der Waals surface area contributed by atoms with Crippen LogP contribution >= 0.6 is 23.5 Å². The number of carbonyl (C=O) groups is 1. The number of hydrogen-bond donors (Lipinski definition) is 2. The molecule has 1 aliphatic carbocycles. The number of aldehydes is 1. The van der Waals surface area contributed by atoms with Crippen molar-refractivity contribution in [2.75, 3.05) is 19.4 Å². The number of nitrogens with one attached hydrogen (secondary N) is 2. The molecule has 0 aromatic heterocycles. The molecular weight excluding hydrogens is 526 g/mol. The summed E-state index contributed by atoms with van der Waals surface area (Å²) in [6, 6.07) is 8.82. The molecule has 3 rings (SSSR count). The molecule has 2 N–H and O–H groups in total. The quantitative estimate of drug-likeness (QED) is 0.108. The molecule has 4 nitrogen and oxygen atoms in total. The van der Waals surface area contributed by atoms with Crippen LogP contribution < -0.4 is 10.0 Å². The van der Waals surface area contributed by atoms with E-state index in [1.165, 1.54) is 24.1 Å². The summed E-state index contributed by atoms with van der Waals surface area (Å²) in [5.41, 5.74) is 1.75. The third-order valence-corrected chi connectivity index (χ3v) is 6.91. The van der Waals surface area contributed by atoms with Crippen LogP contribution in [0.25, 0.3) is 0 Å². The van der Waals surface area contributed by atoms with Crippen LogP contribution in [0.4, 0.5) is 23.2 Å². The highest BCUT2D eigenvalue weighted by Gasteiger charge is 2.41. The first-order valence-corrected chi connectivity index (χ1v) is 13.0. The molecule has 2 aromatic carbocycles. The van der Waals surface area contributed by atoms with Crippen molar-refractivity contribution >= 4 is 35.5 Å². The van der Waals surface area contributed by atoms with Crippen LogP contribution in [-0.4, -0.2) is 30.5 Å². The minimum Gasteiger partial charge on any atom is -0.363 e. The number of rotatable bonds is 9. The number of halogens is 5. The molecule has 2 atom stereocenters. The Morgan fingerprint density at radius 1 is 1.16 bits per heavy atom. The molecule has 0 radical (unpaired) electrons. The average molecular weight is 558 g/mol. The normalized spacial score (nSPS) is 17.8. The summed E-state index contributed by atoms with van der Waals surface area (Å²) >= 11 is 7.08. The van der Waals surface area contributed by atoms with E-state index in [0.717, 1.165) is 11.6 Å². The largest absolute Gasteiger partial charge is 0.417 e. The zero-order valence-corrected chi connectivity index (χ0v) is 23.2. The minimum absolute atomic E-state index is 0.0109. The first-order valence-electron chi connectivity index (χ1n) is 11.8. The molecule has 37 heavy (non-hydrogen) atoms. The Kier molecular flexibility index (Phi) is 10.9. The molecule has 0 heterocycles. The summed E-state index contributed by atoms with van der Waals surface area (Å²) < 4.78 is 57.4. The number of allylic oxidation sites excluding steroid dienone is 2. The number of benzene rings is 2. The lowest BCUT2D eigenvalue weighted by Crippen LogP contribution is -2.24. The van der Waals surface area contributed by atoms with Gasteiger partial charge in [0.15, 0.2) is 0 Å². The monoisotopic (exact) mass is 557 g/mol. The predicted molar refractivity (Wildman–Crippen MR) is 145 cm³/mol. The van der Waals surface area contributed by atoms with Gasteiger partial charge in [0, 0.05) is 19.3 Å². The van der Waals surface area contributed by atoms with Gasteiger partial charge in [0.2, 0.25) is 0 Å². The summed E-state index contributed by atoms with van der Waals surface area (Å²) in [6.07, 6.45) is -1.50. The Morgan fingerprint density at radius 2 is 1.84 bits per heavy atom. The van der Waals surface area contributed by atoms with E-state index in [0.29, 0.717) is 35.4 Å². The molecular formula is C27H32ClF4N3OS. The number of hydrogen-bond acceptors (Lipinski definition) is 5. The molecule has 1 saturated carbocycles. The van der Waals surface area contributed by atoms with Gasteiger partial charge in [-0.3, -0.25) is 4.79 Å². The second-order valence-corrected chi connectivity index (χ2v) is 10.1. The second kappa shape index (κ2) is 13.2. The van der Waals surface area contributed by atoms with E-state index in [-0.39, 0.29) is 21.9 Å². The smallest absolute Gasteiger partial charge is 0.363 e. The Bertz CT molecular complexity index is 1160. The number of alkyl halides is 3. The van der Waals surface area contributed by atoms with Crippen molar-refractivity contribution < 1.29 is 22.4 Å². The molecule has 202 valence electrons. The van der Waals surface area contributed by atoms with E-state index >= 15 is 0 Å². The molecule has 0 bridgehead atoms. The highest BCUT2D eigenvalue weighted by Crippen LogP contribution is 2.50. The van der Waals surface area contributed by atoms with Crippen LogP contribution in [0.2, 0.25) is 5.02 Å². The second-order valence-electron chi connectivity index (χ2n) is 8.61. The van der Waals surface area contributed by atoms with Crippen molar-refractivity contribution in [2.24, 2.45) is 0 Å². The maximum Gasteiger partial charge on any atom is 0.417 e. The van der Waals surface area contributed by atoms with Gasteiger partial charge in [-0.1, -0.05) is 37.6 Å². The molecule has 2 aromatic rings. The Hall–Kier alpha value is -2.65. The topological polar surface area (TPSA) is 44.4 Å². The van der Waals surface area contributed by atoms with Gasteiger partial charge in [0.25, 0.3) is 0 Å². The number of aryl methyl sites for hydroxylation is 1. The minimum atomic E-state index is -4.52. The summed E-state index contributed by atoms with van der Waals surface area (Å²) in [4.78, 5) is 13.0. The van der Waals surface area contributed by atoms with Crippen LogP contribution in [-0.2, 0) is 11.0 Å². The lowest BCUT2D eigenvalue weighted by atomic mass is 10.1. The van der Waals surface area contributed by atoms with E-state index in [9.17, 15) is 22.4 Å². The zero-order valence-electron chi connectivity index (χ0n) is 21.6. The van der Waals surface area contributed by atoms with Crippen molar-refractivity contribution in [1.29, 1.82) is 0 Å². The van der Waals surface area contributed by atoms with Crippen molar-refractivity contribution in [2.45, 2.75) is 51.5 Å². The molecule has 0 saturated heterocycles. The first-order chi connectivity index (χ1) is 17.4. The average Bonchev–Trinajstić information content (AvgIpc) is 3.61. The Labute approximate surface area is 225 Å². The van der Waals surface area contributed by atoms with Gasteiger partial charge in [-0.15, -0.1) is 0 Å². The fourth-order valence-corrected chi connectivity index (χ4v) is 4.74. The van der Waals surface area contributed by atoms with Crippen LogP contribution in [0.15, 0.2) is 59.6 Å². The summed E-state index contributed by atoms with van der Waals surface area (Å²) in [7, 11) is 3.55. The van der Waals surface area contributed by atoms with Crippen molar-refractivity contribution in [1.82, 2.24) is 9.62 Å².